The molecule has 1 heterocycles. The lowest BCUT2D eigenvalue weighted by Crippen LogP contribution is -2.38. The van der Waals surface area contributed by atoms with Gasteiger partial charge in [0.15, 0.2) is 5.96 Å². The average Bonchev–Trinajstić information content (AvgIpc) is 3.19. The normalized spacial score (nSPS) is 16.8. The Bertz CT molecular complexity index is 804. The summed E-state index contributed by atoms with van der Waals surface area (Å²) in [5.41, 5.74) is 3.19. The van der Waals surface area contributed by atoms with Gasteiger partial charge in [-0.15, -0.1) is 0 Å². The van der Waals surface area contributed by atoms with E-state index in [-0.39, 0.29) is 11.9 Å². The first-order chi connectivity index (χ1) is 13.6. The Hall–Kier alpha value is -2.60. The SMILES string of the molecule is CN=C(NCCc1cccc(F)c1)NCc1ccc(C)cc1OC1CCOC1. The van der Waals surface area contributed by atoms with Crippen LogP contribution >= 0.6 is 0 Å². The quantitative estimate of drug-likeness (QED) is 0.568. The smallest absolute Gasteiger partial charge is 0.191 e. The zero-order valence-electron chi connectivity index (χ0n) is 16.5. The second-order valence-electron chi connectivity index (χ2n) is 6.95. The predicted molar refractivity (Wildman–Crippen MR) is 109 cm³/mol. The number of benzene rings is 2. The van der Waals surface area contributed by atoms with Crippen LogP contribution in [0.5, 0.6) is 5.75 Å². The summed E-state index contributed by atoms with van der Waals surface area (Å²) in [6.45, 7) is 4.72. The summed E-state index contributed by atoms with van der Waals surface area (Å²) in [5.74, 6) is 1.38. The number of rotatable bonds is 7. The summed E-state index contributed by atoms with van der Waals surface area (Å²) >= 11 is 0. The molecule has 0 aliphatic carbocycles. The largest absolute Gasteiger partial charge is 0.488 e. The molecule has 1 fully saturated rings. The third-order valence-electron chi connectivity index (χ3n) is 4.67. The van der Waals surface area contributed by atoms with Crippen LogP contribution in [0.1, 0.15) is 23.1 Å². The van der Waals surface area contributed by atoms with Crippen LogP contribution in [0, 0.1) is 12.7 Å². The van der Waals surface area contributed by atoms with E-state index in [0.29, 0.717) is 25.7 Å². The Morgan fingerprint density at radius 1 is 1.25 bits per heavy atom. The van der Waals surface area contributed by atoms with E-state index in [1.165, 1.54) is 6.07 Å². The summed E-state index contributed by atoms with van der Waals surface area (Å²) in [6, 6.07) is 12.9. The van der Waals surface area contributed by atoms with Gasteiger partial charge < -0.3 is 20.1 Å². The number of halogens is 1. The van der Waals surface area contributed by atoms with Crippen LogP contribution in [-0.2, 0) is 17.7 Å². The summed E-state index contributed by atoms with van der Waals surface area (Å²) in [7, 11) is 1.74. The van der Waals surface area contributed by atoms with Gasteiger partial charge in [0.05, 0.1) is 13.2 Å². The van der Waals surface area contributed by atoms with E-state index in [1.54, 1.807) is 19.2 Å². The van der Waals surface area contributed by atoms with Crippen LogP contribution in [0.2, 0.25) is 0 Å². The van der Waals surface area contributed by atoms with Crippen LogP contribution in [0.25, 0.3) is 0 Å². The van der Waals surface area contributed by atoms with Crippen LogP contribution in [0.3, 0.4) is 0 Å². The highest BCUT2D eigenvalue weighted by atomic mass is 19.1. The molecule has 1 unspecified atom stereocenters. The average molecular weight is 385 g/mol. The lowest BCUT2D eigenvalue weighted by Gasteiger charge is -2.18. The Kier molecular flexibility index (Phi) is 7.25. The van der Waals surface area contributed by atoms with E-state index < -0.39 is 0 Å². The van der Waals surface area contributed by atoms with Gasteiger partial charge in [-0.25, -0.2) is 4.39 Å². The molecule has 5 nitrogen and oxygen atoms in total. The lowest BCUT2D eigenvalue weighted by molar-refractivity contribution is 0.140. The predicted octanol–water partition coefficient (Wildman–Crippen LogP) is 3.21. The van der Waals surface area contributed by atoms with Crippen molar-refractivity contribution in [1.82, 2.24) is 10.6 Å². The van der Waals surface area contributed by atoms with E-state index in [1.807, 2.05) is 6.07 Å². The van der Waals surface area contributed by atoms with E-state index in [9.17, 15) is 4.39 Å². The van der Waals surface area contributed by atoms with Gasteiger partial charge in [-0.1, -0.05) is 24.3 Å². The molecule has 0 spiro atoms. The minimum absolute atomic E-state index is 0.115. The van der Waals surface area contributed by atoms with Crippen LogP contribution in [0.4, 0.5) is 4.39 Å². The van der Waals surface area contributed by atoms with Gasteiger partial charge in [0.25, 0.3) is 0 Å². The Balaban J connectivity index is 1.52. The molecule has 3 rings (SSSR count). The maximum absolute atomic E-state index is 13.3. The van der Waals surface area contributed by atoms with Crippen molar-refractivity contribution in [1.29, 1.82) is 0 Å². The van der Waals surface area contributed by atoms with Crippen molar-refractivity contribution >= 4 is 5.96 Å². The number of ether oxygens (including phenoxy) is 2. The first-order valence-electron chi connectivity index (χ1n) is 9.67. The molecule has 2 N–H and O–H groups in total. The van der Waals surface area contributed by atoms with Crippen molar-refractivity contribution in [2.75, 3.05) is 26.8 Å². The van der Waals surface area contributed by atoms with Crippen molar-refractivity contribution in [3.63, 3.8) is 0 Å². The molecule has 6 heteroatoms. The minimum atomic E-state index is -0.209. The van der Waals surface area contributed by atoms with E-state index in [4.69, 9.17) is 9.47 Å². The van der Waals surface area contributed by atoms with Gasteiger partial charge in [-0.2, -0.15) is 0 Å². The van der Waals surface area contributed by atoms with E-state index in [2.05, 4.69) is 40.7 Å². The van der Waals surface area contributed by atoms with Crippen molar-refractivity contribution in [3.05, 3.63) is 65.0 Å². The monoisotopic (exact) mass is 385 g/mol. The molecule has 0 saturated carbocycles. The lowest BCUT2D eigenvalue weighted by atomic mass is 10.1. The molecule has 2 aromatic rings. The molecule has 28 heavy (non-hydrogen) atoms. The van der Waals surface area contributed by atoms with Crippen LogP contribution in [0.15, 0.2) is 47.5 Å². The first-order valence-corrected chi connectivity index (χ1v) is 9.67. The standard InChI is InChI=1S/C22H28FN3O2/c1-16-6-7-18(21(12-16)28-20-9-11-27-15-20)14-26-22(24-2)25-10-8-17-4-3-5-19(23)13-17/h3-7,12-13,20H,8-11,14-15H2,1-2H3,(H2,24,25,26). The van der Waals surface area contributed by atoms with Gasteiger partial charge in [0.1, 0.15) is 17.7 Å². The van der Waals surface area contributed by atoms with Gasteiger partial charge in [0, 0.05) is 32.1 Å². The molecular formula is C22H28FN3O2. The second-order valence-corrected chi connectivity index (χ2v) is 6.95. The Morgan fingerprint density at radius 2 is 2.14 bits per heavy atom. The maximum Gasteiger partial charge on any atom is 0.191 e. The van der Waals surface area contributed by atoms with Crippen molar-refractivity contribution in [2.45, 2.75) is 32.4 Å². The molecule has 2 aromatic carbocycles. The number of guanidine groups is 1. The Morgan fingerprint density at radius 3 is 2.89 bits per heavy atom. The molecule has 1 saturated heterocycles. The number of nitrogens with one attached hydrogen (secondary N) is 2. The zero-order valence-corrected chi connectivity index (χ0v) is 16.5. The number of aryl methyl sites for hydroxylation is 1. The highest BCUT2D eigenvalue weighted by Gasteiger charge is 2.18. The highest BCUT2D eigenvalue weighted by Crippen LogP contribution is 2.23. The minimum Gasteiger partial charge on any atom is -0.488 e. The molecule has 0 radical (unpaired) electrons. The number of hydrogen-bond acceptors (Lipinski definition) is 3. The Labute approximate surface area is 166 Å². The fourth-order valence-electron chi connectivity index (χ4n) is 3.12. The van der Waals surface area contributed by atoms with E-state index >= 15 is 0 Å². The van der Waals surface area contributed by atoms with Gasteiger partial charge in [0.2, 0.25) is 0 Å². The third kappa shape index (κ3) is 5.96. The summed E-state index contributed by atoms with van der Waals surface area (Å²) < 4.78 is 24.8. The summed E-state index contributed by atoms with van der Waals surface area (Å²) in [6.07, 6.45) is 1.76. The van der Waals surface area contributed by atoms with Crippen molar-refractivity contribution in [3.8, 4) is 5.75 Å². The second kappa shape index (κ2) is 10.1. The van der Waals surface area contributed by atoms with E-state index in [0.717, 1.165) is 41.9 Å². The number of hydrogen-bond donors (Lipinski definition) is 2. The van der Waals surface area contributed by atoms with Gasteiger partial charge in [-0.3, -0.25) is 4.99 Å². The molecule has 1 aliphatic rings. The highest BCUT2D eigenvalue weighted by molar-refractivity contribution is 5.79. The fraction of sp³-hybridized carbons (Fsp3) is 0.409. The maximum atomic E-state index is 13.3. The molecule has 150 valence electrons. The van der Waals surface area contributed by atoms with Crippen LogP contribution < -0.4 is 15.4 Å². The number of aliphatic imine (C=N–C) groups is 1. The van der Waals surface area contributed by atoms with Crippen LogP contribution in [-0.4, -0.2) is 38.9 Å². The fourth-order valence-corrected chi connectivity index (χ4v) is 3.12. The molecule has 1 atom stereocenters. The van der Waals surface area contributed by atoms with Gasteiger partial charge >= 0.3 is 0 Å². The zero-order chi connectivity index (χ0) is 19.8. The van der Waals surface area contributed by atoms with Crippen molar-refractivity contribution in [2.24, 2.45) is 4.99 Å². The van der Waals surface area contributed by atoms with Crippen molar-refractivity contribution < 1.29 is 13.9 Å². The summed E-state index contributed by atoms with van der Waals surface area (Å²) in [5, 5.41) is 6.59. The molecule has 1 aliphatic heterocycles. The molecule has 0 aromatic heterocycles. The molecular weight excluding hydrogens is 357 g/mol. The number of nitrogens with zero attached hydrogens (tertiary/aromatic N) is 1. The summed E-state index contributed by atoms with van der Waals surface area (Å²) in [4.78, 5) is 4.26. The van der Waals surface area contributed by atoms with Gasteiger partial charge in [-0.05, 0) is 42.7 Å². The third-order valence-corrected chi connectivity index (χ3v) is 4.67. The molecule has 0 amide bonds. The topological polar surface area (TPSA) is 54.9 Å². The molecule has 0 bridgehead atoms. The first kappa shape index (κ1) is 20.1.